The molecule has 6 rings (SSSR count). The number of amides is 2. The van der Waals surface area contributed by atoms with Crippen molar-refractivity contribution < 1.29 is 31.9 Å². The van der Waals surface area contributed by atoms with Crippen LogP contribution in [0.25, 0.3) is 22.5 Å². The molecular formula is C36H38N8O7S4. The van der Waals surface area contributed by atoms with Gasteiger partial charge in [0.1, 0.15) is 0 Å². The largest absolute Gasteiger partial charge is 0.412 e. The number of likely N-dealkylation sites (N-methyl/N-ethyl adjacent to an activating group) is 2. The topological polar surface area (TPSA) is 244 Å². The zero-order valence-electron chi connectivity index (χ0n) is 30.1. The van der Waals surface area contributed by atoms with Crippen LogP contribution >= 0.6 is 22.7 Å². The normalized spacial score (nSPS) is 11.2. The van der Waals surface area contributed by atoms with E-state index in [1.165, 1.54) is 9.80 Å². The Morgan fingerprint density at radius 3 is 1.22 bits per heavy atom. The first-order chi connectivity index (χ1) is 25.5. The van der Waals surface area contributed by atoms with Crippen molar-refractivity contribution in [3.05, 3.63) is 120 Å². The molecule has 55 heavy (non-hydrogen) atoms. The molecule has 0 bridgehead atoms. The van der Waals surface area contributed by atoms with Gasteiger partial charge in [-0.05, 0) is 49.2 Å². The molecule has 0 aliphatic rings. The van der Waals surface area contributed by atoms with Crippen molar-refractivity contribution in [2.45, 2.75) is 35.1 Å². The third kappa shape index (κ3) is 10.9. The number of pyridine rings is 2. The minimum absolute atomic E-state index is 0. The Labute approximate surface area is 326 Å². The molecular weight excluding hydrogens is 785 g/mol. The Bertz CT molecular complexity index is 2300. The van der Waals surface area contributed by atoms with E-state index in [-0.39, 0.29) is 49.9 Å². The molecule has 288 valence electrons. The minimum Gasteiger partial charge on any atom is -0.412 e. The number of sulfonamides is 2. The number of nitrogens with two attached hydrogens (primary N) is 2. The van der Waals surface area contributed by atoms with Crippen LogP contribution in [0.1, 0.15) is 22.5 Å². The first kappa shape index (κ1) is 42.5. The lowest BCUT2D eigenvalue weighted by molar-refractivity contribution is -0.118. The van der Waals surface area contributed by atoms with Crippen LogP contribution < -0.4 is 20.1 Å². The van der Waals surface area contributed by atoms with E-state index in [4.69, 9.17) is 10.3 Å². The van der Waals surface area contributed by atoms with Gasteiger partial charge in [0.25, 0.3) is 0 Å². The monoisotopic (exact) mass is 822 g/mol. The maximum atomic E-state index is 12.5. The van der Waals surface area contributed by atoms with Gasteiger partial charge in [0.15, 0.2) is 18.7 Å². The maximum absolute atomic E-state index is 12.5. The fourth-order valence-electron chi connectivity index (χ4n) is 5.01. The summed E-state index contributed by atoms with van der Waals surface area (Å²) in [5.41, 5.74) is 5.91. The van der Waals surface area contributed by atoms with Crippen LogP contribution in [0.4, 0.5) is 10.3 Å². The molecule has 6 aromatic rings. The first-order valence-electron chi connectivity index (χ1n) is 16.1. The van der Waals surface area contributed by atoms with Crippen LogP contribution in [0.2, 0.25) is 0 Å². The van der Waals surface area contributed by atoms with Crippen molar-refractivity contribution >= 4 is 64.8 Å². The van der Waals surface area contributed by atoms with Crippen molar-refractivity contribution in [2.75, 3.05) is 23.9 Å². The molecule has 2 aromatic carbocycles. The number of anilines is 2. The number of hydrogen-bond acceptors (Lipinski definition) is 12. The van der Waals surface area contributed by atoms with Crippen LogP contribution in [-0.2, 0) is 42.5 Å². The van der Waals surface area contributed by atoms with Gasteiger partial charge in [0.2, 0.25) is 31.9 Å². The minimum atomic E-state index is -3.85. The summed E-state index contributed by atoms with van der Waals surface area (Å²) in [7, 11) is -4.57. The van der Waals surface area contributed by atoms with Gasteiger partial charge in [0, 0.05) is 37.6 Å². The predicted octanol–water partition coefficient (Wildman–Crippen LogP) is 3.91. The van der Waals surface area contributed by atoms with Gasteiger partial charge in [-0.2, -0.15) is 0 Å². The van der Waals surface area contributed by atoms with E-state index >= 15 is 0 Å². The smallest absolute Gasteiger partial charge is 0.249 e. The highest BCUT2D eigenvalue weighted by Gasteiger charge is 2.23. The van der Waals surface area contributed by atoms with Crippen LogP contribution in [0.15, 0.2) is 106 Å². The maximum Gasteiger partial charge on any atom is 0.249 e. The summed E-state index contributed by atoms with van der Waals surface area (Å²) < 4.78 is 46.1. The lowest BCUT2D eigenvalue weighted by atomic mass is 10.1. The molecule has 6 N–H and O–H groups in total. The van der Waals surface area contributed by atoms with Gasteiger partial charge in [-0.25, -0.2) is 37.1 Å². The van der Waals surface area contributed by atoms with Gasteiger partial charge in [-0.15, -0.1) is 0 Å². The number of thiazole rings is 2. The summed E-state index contributed by atoms with van der Waals surface area (Å²) >= 11 is 1.77. The number of primary sulfonamides is 2. The molecule has 4 heterocycles. The summed E-state index contributed by atoms with van der Waals surface area (Å²) in [4.78, 5) is 44.7. The number of nitrogens with zero attached hydrogens (tertiary/aromatic N) is 6. The van der Waals surface area contributed by atoms with Gasteiger partial charge in [-0.3, -0.25) is 29.4 Å². The Hall–Kier alpha value is -5.28. The van der Waals surface area contributed by atoms with Crippen molar-refractivity contribution in [3.8, 4) is 22.5 Å². The second kappa shape index (κ2) is 17.9. The lowest BCUT2D eigenvalue weighted by Gasteiger charge is -2.13. The fourth-order valence-corrected chi connectivity index (χ4v) is 8.86. The molecule has 2 amide bonds. The van der Waals surface area contributed by atoms with E-state index in [2.05, 4.69) is 19.9 Å². The molecule has 4 aromatic heterocycles. The molecule has 0 aliphatic heterocycles. The van der Waals surface area contributed by atoms with E-state index in [0.29, 0.717) is 10.3 Å². The summed E-state index contributed by atoms with van der Waals surface area (Å²) in [6.07, 6.45) is 3.80. The highest BCUT2D eigenvalue weighted by Crippen LogP contribution is 2.30. The van der Waals surface area contributed by atoms with Crippen LogP contribution in [0, 0.1) is 13.8 Å². The van der Waals surface area contributed by atoms with Gasteiger partial charge >= 0.3 is 0 Å². The Morgan fingerprint density at radius 2 is 0.945 bits per heavy atom. The number of rotatable bonds is 10. The first-order valence-corrected chi connectivity index (χ1v) is 20.8. The molecule has 0 saturated carbocycles. The molecule has 0 unspecified atom stereocenters. The lowest BCUT2D eigenvalue weighted by Crippen LogP contribution is -2.27. The summed E-state index contributed by atoms with van der Waals surface area (Å²) in [5.74, 6) is -0.398. The average molecular weight is 823 g/mol. The SMILES string of the molecule is Cc1nc(N(C)C(=O)Cc2ccc(-c3ccccn3)cc2)sc1S(N)(=O)=O.Cc1nc(N(C)C(=O)Cc2ccc(-c3ccccn3)cc2)sc1S(N)(=O)=O.O. The molecule has 0 atom stereocenters. The number of carbonyl (C=O) groups excluding carboxylic acids is 2. The standard InChI is InChI=1S/2C18H18N4O3S2.H2O/c2*1-12-17(27(19,24)25)26-18(21-12)22(2)16(23)11-13-6-8-14(9-7-13)15-5-3-4-10-20-15;/h2*3-10H,11H2,1-2H3,(H2,19,24,25);1H2. The van der Waals surface area contributed by atoms with E-state index in [1.807, 2.05) is 84.9 Å². The summed E-state index contributed by atoms with van der Waals surface area (Å²) in [6.45, 7) is 3.10. The molecule has 19 heteroatoms. The Morgan fingerprint density at radius 1 is 0.600 bits per heavy atom. The third-order valence-corrected chi connectivity index (χ3v) is 13.4. The zero-order chi connectivity index (χ0) is 39.2. The second-order valence-electron chi connectivity index (χ2n) is 11.9. The van der Waals surface area contributed by atoms with E-state index in [1.54, 1.807) is 40.3 Å². The highest BCUT2D eigenvalue weighted by molar-refractivity contribution is 7.91. The second-order valence-corrected chi connectivity index (χ2v) is 17.4. The van der Waals surface area contributed by atoms with E-state index < -0.39 is 20.0 Å². The molecule has 0 aliphatic carbocycles. The van der Waals surface area contributed by atoms with Crippen molar-refractivity contribution in [1.29, 1.82) is 0 Å². The molecule has 0 spiro atoms. The van der Waals surface area contributed by atoms with E-state index in [0.717, 1.165) is 56.3 Å². The summed E-state index contributed by atoms with van der Waals surface area (Å²) in [6, 6.07) is 26.5. The summed E-state index contributed by atoms with van der Waals surface area (Å²) in [5, 5.41) is 10.9. The average Bonchev–Trinajstić information content (AvgIpc) is 3.75. The zero-order valence-corrected chi connectivity index (χ0v) is 33.3. The van der Waals surface area contributed by atoms with Crippen molar-refractivity contribution in [3.63, 3.8) is 0 Å². The van der Waals surface area contributed by atoms with Crippen LogP contribution in [0.3, 0.4) is 0 Å². The number of benzene rings is 2. The van der Waals surface area contributed by atoms with Crippen molar-refractivity contribution in [2.24, 2.45) is 10.3 Å². The fraction of sp³-hybridized carbons (Fsp3) is 0.167. The van der Waals surface area contributed by atoms with E-state index in [9.17, 15) is 26.4 Å². The number of aromatic nitrogens is 4. The Balaban J connectivity index is 0.000000240. The molecule has 15 nitrogen and oxygen atoms in total. The molecule has 0 saturated heterocycles. The van der Waals surface area contributed by atoms with Gasteiger partial charge in [-0.1, -0.05) is 83.3 Å². The van der Waals surface area contributed by atoms with Crippen molar-refractivity contribution in [1.82, 2.24) is 19.9 Å². The van der Waals surface area contributed by atoms with Gasteiger partial charge < -0.3 is 5.48 Å². The molecule has 0 radical (unpaired) electrons. The van der Waals surface area contributed by atoms with Crippen LogP contribution in [-0.4, -0.2) is 68.2 Å². The molecule has 0 fully saturated rings. The quantitative estimate of drug-likeness (QED) is 0.202. The van der Waals surface area contributed by atoms with Crippen LogP contribution in [0.5, 0.6) is 0 Å². The van der Waals surface area contributed by atoms with Gasteiger partial charge in [0.05, 0.1) is 35.6 Å². The number of hydrogen-bond donors (Lipinski definition) is 2. The highest BCUT2D eigenvalue weighted by atomic mass is 32.3. The number of carbonyl (C=O) groups is 2. The number of aryl methyl sites for hydroxylation is 2. The third-order valence-electron chi connectivity index (χ3n) is 7.86. The Kier molecular flexibility index (Phi) is 13.8. The predicted molar refractivity (Wildman–Crippen MR) is 214 cm³/mol.